The third-order valence-corrected chi connectivity index (χ3v) is 11.9. The Morgan fingerprint density at radius 2 is 0.901 bits per heavy atom. The van der Waals surface area contributed by atoms with E-state index in [4.69, 9.17) is 47.4 Å². The summed E-state index contributed by atoms with van der Waals surface area (Å²) in [5.74, 6) is -0.740. The van der Waals surface area contributed by atoms with Crippen LogP contribution in [-0.2, 0) is 38.0 Å². The number of hydrogen-bond donors (Lipinski definition) is 15. The summed E-state index contributed by atoms with van der Waals surface area (Å²) in [6.07, 6.45) is -28.7. The van der Waals surface area contributed by atoms with E-state index in [0.717, 1.165) is 6.08 Å². The first-order chi connectivity index (χ1) is 33.8. The molecule has 26 nitrogen and oxygen atoms in total. The number of phenolic OH excluding ortho intramolecular Hbond substituents is 1. The zero-order valence-corrected chi connectivity index (χ0v) is 37.9. The Morgan fingerprint density at radius 3 is 1.37 bits per heavy atom. The van der Waals surface area contributed by atoms with Crippen molar-refractivity contribution in [3.63, 3.8) is 0 Å². The SMILES string of the molecule is COc1cc(/C=C/C(=O)/C=C(O)/C=C/c2ccc(O[C@@H]3O[C@H](CO[C@@H]4O[C@H](CO[C@@H]5O[C@H](CO[C@@H]6O[C@H](CO)[C@@H](O)[C@H](O)[C@H]6O)[C@@H](O)[C@H](O)[C@H]5O)[C@@H](O)[C@H](O)[C@H]4O)[C@@H](O)[C@H](O)[C@H]3O)c(OC)c2)ccc1O. The van der Waals surface area contributed by atoms with E-state index in [1.165, 1.54) is 68.9 Å². The van der Waals surface area contributed by atoms with Crippen molar-refractivity contribution in [2.45, 2.75) is 123 Å². The lowest BCUT2D eigenvalue weighted by atomic mass is 9.98. The molecule has 71 heavy (non-hydrogen) atoms. The van der Waals surface area contributed by atoms with Gasteiger partial charge in [0.1, 0.15) is 103 Å². The summed E-state index contributed by atoms with van der Waals surface area (Å²) in [5, 5.41) is 156. The minimum Gasteiger partial charge on any atom is -0.508 e. The molecule has 15 N–H and O–H groups in total. The summed E-state index contributed by atoms with van der Waals surface area (Å²) in [6.45, 7) is -2.85. The topological polar surface area (TPSA) is 413 Å². The van der Waals surface area contributed by atoms with Crippen LogP contribution in [0.15, 0.2) is 60.4 Å². The molecule has 2 aromatic rings. The van der Waals surface area contributed by atoms with Crippen LogP contribution in [-0.4, -0.2) is 246 Å². The molecule has 4 fully saturated rings. The molecule has 2 aromatic carbocycles. The van der Waals surface area contributed by atoms with Crippen LogP contribution in [0.1, 0.15) is 11.1 Å². The molecule has 0 unspecified atom stereocenters. The minimum absolute atomic E-state index is 0.0179. The summed E-state index contributed by atoms with van der Waals surface area (Å²) < 4.78 is 55.1. The third-order valence-electron chi connectivity index (χ3n) is 11.9. The molecule has 26 heteroatoms. The molecule has 4 heterocycles. The van der Waals surface area contributed by atoms with Crippen LogP contribution < -0.4 is 14.2 Å². The number of methoxy groups -OCH3 is 2. The van der Waals surface area contributed by atoms with Gasteiger partial charge in [-0.2, -0.15) is 0 Å². The van der Waals surface area contributed by atoms with E-state index in [2.05, 4.69) is 0 Å². The van der Waals surface area contributed by atoms with E-state index in [1.807, 2.05) is 0 Å². The van der Waals surface area contributed by atoms with Gasteiger partial charge in [-0.25, -0.2) is 0 Å². The van der Waals surface area contributed by atoms with Gasteiger partial charge in [0.25, 0.3) is 0 Å². The Balaban J connectivity index is 1.03. The predicted octanol–water partition coefficient (Wildman–Crippen LogP) is -5.20. The van der Waals surface area contributed by atoms with Crippen LogP contribution in [0.2, 0.25) is 0 Å². The molecule has 0 amide bonds. The normalized spacial score (nSPS) is 38.1. The number of benzene rings is 2. The van der Waals surface area contributed by atoms with Crippen molar-refractivity contribution in [1.29, 1.82) is 0 Å². The molecule has 0 saturated carbocycles. The van der Waals surface area contributed by atoms with Crippen LogP contribution in [0.3, 0.4) is 0 Å². The largest absolute Gasteiger partial charge is 0.508 e. The second-order valence-corrected chi connectivity index (χ2v) is 16.8. The predicted molar refractivity (Wildman–Crippen MR) is 234 cm³/mol. The molecule has 0 spiro atoms. The molecular weight excluding hydrogens is 956 g/mol. The lowest BCUT2D eigenvalue weighted by molar-refractivity contribution is -0.346. The van der Waals surface area contributed by atoms with Crippen LogP contribution in [0.25, 0.3) is 12.2 Å². The molecule has 0 aromatic heterocycles. The summed E-state index contributed by atoms with van der Waals surface area (Å²) in [5.41, 5.74) is 1.01. The third kappa shape index (κ3) is 13.4. The number of aliphatic hydroxyl groups is 14. The lowest BCUT2D eigenvalue weighted by Crippen LogP contribution is -2.63. The van der Waals surface area contributed by atoms with Gasteiger partial charge in [0, 0.05) is 6.08 Å². The van der Waals surface area contributed by atoms with Gasteiger partial charge in [0.15, 0.2) is 47.7 Å². The van der Waals surface area contributed by atoms with Gasteiger partial charge < -0.3 is 124 Å². The quantitative estimate of drug-likeness (QED) is 0.0355. The first-order valence-corrected chi connectivity index (χ1v) is 22.0. The van der Waals surface area contributed by atoms with Gasteiger partial charge >= 0.3 is 0 Å². The highest BCUT2D eigenvalue weighted by atomic mass is 16.8. The summed E-state index contributed by atoms with van der Waals surface area (Å²) >= 11 is 0. The molecule has 4 saturated heterocycles. The van der Waals surface area contributed by atoms with Crippen molar-refractivity contribution in [3.05, 3.63) is 71.5 Å². The number of aromatic hydroxyl groups is 1. The number of carbonyl (C=O) groups excluding carboxylic acids is 1. The first kappa shape index (κ1) is 55.8. The average molecular weight is 1020 g/mol. The zero-order valence-electron chi connectivity index (χ0n) is 37.9. The van der Waals surface area contributed by atoms with Crippen molar-refractivity contribution in [2.75, 3.05) is 40.6 Å². The monoisotopic (exact) mass is 1020 g/mol. The molecule has 4 aliphatic heterocycles. The second-order valence-electron chi connectivity index (χ2n) is 16.8. The molecular formula is C45H60O26. The van der Waals surface area contributed by atoms with Gasteiger partial charge in [-0.1, -0.05) is 24.3 Å². The molecule has 0 bridgehead atoms. The van der Waals surface area contributed by atoms with Crippen molar-refractivity contribution < 1.29 is 129 Å². The van der Waals surface area contributed by atoms with Crippen molar-refractivity contribution in [3.8, 4) is 23.0 Å². The van der Waals surface area contributed by atoms with Gasteiger partial charge in [-0.05, 0) is 47.5 Å². The molecule has 0 radical (unpaired) electrons. The Labute approximate surface area is 404 Å². The number of allylic oxidation sites excluding steroid dienone is 3. The number of ether oxygens (including phenoxy) is 10. The van der Waals surface area contributed by atoms with Gasteiger partial charge in [-0.15, -0.1) is 0 Å². The number of hydrogen-bond acceptors (Lipinski definition) is 26. The van der Waals surface area contributed by atoms with Crippen LogP contribution >= 0.6 is 0 Å². The Morgan fingerprint density at radius 1 is 0.507 bits per heavy atom. The first-order valence-electron chi connectivity index (χ1n) is 22.0. The van der Waals surface area contributed by atoms with E-state index in [1.54, 1.807) is 6.07 Å². The van der Waals surface area contributed by atoms with E-state index in [0.29, 0.717) is 11.1 Å². The van der Waals surface area contributed by atoms with Gasteiger partial charge in [-0.3, -0.25) is 4.79 Å². The van der Waals surface area contributed by atoms with E-state index < -0.39 is 161 Å². The van der Waals surface area contributed by atoms with Gasteiger partial charge in [0.2, 0.25) is 6.29 Å². The Hall–Kier alpha value is -4.47. The van der Waals surface area contributed by atoms with Crippen LogP contribution in [0, 0.1) is 0 Å². The number of aliphatic hydroxyl groups excluding tert-OH is 14. The molecule has 6 rings (SSSR count). The molecule has 396 valence electrons. The molecule has 4 aliphatic rings. The standard InChI is InChI=1S/C45H60O26/c1-62-24-11-18(5-9-22(24)49)3-7-20(47)13-21(48)8-4-19-6-10-23(25(12-19)63-2)67-45-41(61)37(57)33(53)29(71-45)17-66-44-40(60)36(56)32(52)28(70-44)16-65-43-39(59)35(55)31(51)27(69-43)15-64-42-38(58)34(54)30(50)26(14-46)68-42/h3-13,26-46,48-61H,14-17H2,1-2H3/b7-3+,8-4+,21-13-/t26-,27-,28-,29-,30-,31-,32-,33-,34+,35+,36+,37+,38-,39-,40-,41-,42-,43-,44-,45-/m1/s1. The number of phenols is 1. The Kier molecular flexibility index (Phi) is 19.6. The lowest BCUT2D eigenvalue weighted by Gasteiger charge is -2.44. The van der Waals surface area contributed by atoms with Crippen molar-refractivity contribution in [1.82, 2.24) is 0 Å². The highest BCUT2D eigenvalue weighted by Gasteiger charge is 2.51. The fourth-order valence-corrected chi connectivity index (χ4v) is 7.72. The van der Waals surface area contributed by atoms with Gasteiger partial charge in [0.05, 0.1) is 40.6 Å². The maximum Gasteiger partial charge on any atom is 0.229 e. The fraction of sp³-hybridized carbons (Fsp3) is 0.578. The summed E-state index contributed by atoms with van der Waals surface area (Å²) in [7, 11) is 2.68. The zero-order chi connectivity index (χ0) is 51.8. The van der Waals surface area contributed by atoms with E-state index in [-0.39, 0.29) is 23.0 Å². The molecule has 20 atom stereocenters. The number of rotatable bonds is 19. The van der Waals surface area contributed by atoms with E-state index >= 15 is 0 Å². The number of ketones is 1. The minimum atomic E-state index is -1.95. The van der Waals surface area contributed by atoms with Crippen molar-refractivity contribution >= 4 is 17.9 Å². The van der Waals surface area contributed by atoms with E-state index in [9.17, 15) is 81.4 Å². The smallest absolute Gasteiger partial charge is 0.229 e. The van der Waals surface area contributed by atoms with Crippen LogP contribution in [0.5, 0.6) is 23.0 Å². The summed E-state index contributed by atoms with van der Waals surface area (Å²) in [6, 6.07) is 8.86. The maximum absolute atomic E-state index is 12.4. The fourth-order valence-electron chi connectivity index (χ4n) is 7.72. The Bertz CT molecular complexity index is 2140. The van der Waals surface area contributed by atoms with Crippen molar-refractivity contribution in [2.24, 2.45) is 0 Å². The highest BCUT2D eigenvalue weighted by molar-refractivity contribution is 6.02. The van der Waals surface area contributed by atoms with Crippen LogP contribution in [0.4, 0.5) is 0 Å². The second kappa shape index (κ2) is 25.0. The maximum atomic E-state index is 12.4. The number of carbonyl (C=O) groups is 1. The molecule has 0 aliphatic carbocycles. The highest BCUT2D eigenvalue weighted by Crippen LogP contribution is 2.34. The summed E-state index contributed by atoms with van der Waals surface area (Å²) in [4.78, 5) is 12.4. The average Bonchev–Trinajstić information content (AvgIpc) is 3.36.